The van der Waals surface area contributed by atoms with E-state index in [-0.39, 0.29) is 19.5 Å². The number of aromatic nitrogens is 2. The third-order valence-electron chi connectivity index (χ3n) is 3.39. The van der Waals surface area contributed by atoms with Gasteiger partial charge in [0.25, 0.3) is 0 Å². The van der Waals surface area contributed by atoms with Crippen LogP contribution in [-0.4, -0.2) is 35.0 Å². The lowest BCUT2D eigenvalue weighted by molar-refractivity contribution is -0.213. The Kier molecular flexibility index (Phi) is 3.29. The minimum Gasteiger partial charge on any atom is -0.322 e. The summed E-state index contributed by atoms with van der Waals surface area (Å²) in [6.45, 7) is 1.42. The number of hydrogen-bond donors (Lipinski definition) is 2. The number of hydrogen-bond acceptors (Lipinski definition) is 3. The van der Waals surface area contributed by atoms with E-state index < -0.39 is 17.5 Å². The molecule has 0 saturated carbocycles. The highest BCUT2D eigenvalue weighted by molar-refractivity contribution is 5.96. The van der Waals surface area contributed by atoms with Crippen molar-refractivity contribution in [1.29, 1.82) is 0 Å². The molecule has 2 N–H and O–H groups in total. The molecule has 1 fully saturated rings. The number of halogens is 3. The number of nitrogens with zero attached hydrogens (tertiary/aromatic N) is 2. The fourth-order valence-electron chi connectivity index (χ4n) is 2.22. The lowest BCUT2D eigenvalue weighted by atomic mass is 9.85. The van der Waals surface area contributed by atoms with Crippen LogP contribution in [0, 0.1) is 12.3 Å². The van der Waals surface area contributed by atoms with Crippen LogP contribution in [0.25, 0.3) is 0 Å². The van der Waals surface area contributed by atoms with Gasteiger partial charge in [-0.2, -0.15) is 18.3 Å². The van der Waals surface area contributed by atoms with Crippen molar-refractivity contribution in [2.24, 2.45) is 12.5 Å². The maximum atomic E-state index is 13.2. The number of carbonyl (C=O) groups is 1. The van der Waals surface area contributed by atoms with Crippen LogP contribution in [0.2, 0.25) is 0 Å². The Morgan fingerprint density at radius 3 is 2.68 bits per heavy atom. The van der Waals surface area contributed by atoms with Gasteiger partial charge in [0, 0.05) is 19.8 Å². The van der Waals surface area contributed by atoms with Crippen molar-refractivity contribution in [2.75, 3.05) is 18.4 Å². The van der Waals surface area contributed by atoms with E-state index in [4.69, 9.17) is 0 Å². The van der Waals surface area contributed by atoms with Crippen molar-refractivity contribution in [1.82, 2.24) is 15.1 Å². The summed E-state index contributed by atoms with van der Waals surface area (Å²) in [6.07, 6.45) is -3.34. The number of carbonyl (C=O) groups excluding carboxylic acids is 1. The predicted molar refractivity (Wildman–Crippen MR) is 62.5 cm³/mol. The highest BCUT2D eigenvalue weighted by Gasteiger charge is 2.61. The first-order valence-corrected chi connectivity index (χ1v) is 5.85. The second-order valence-electron chi connectivity index (χ2n) is 4.76. The van der Waals surface area contributed by atoms with Gasteiger partial charge in [0.1, 0.15) is 0 Å². The highest BCUT2D eigenvalue weighted by Crippen LogP contribution is 2.43. The summed E-state index contributed by atoms with van der Waals surface area (Å²) in [5.41, 5.74) is -1.56. The molecule has 1 aromatic heterocycles. The number of alkyl halides is 3. The van der Waals surface area contributed by atoms with Crippen LogP contribution < -0.4 is 10.6 Å². The molecule has 0 bridgehead atoms. The molecule has 5 nitrogen and oxygen atoms in total. The van der Waals surface area contributed by atoms with Gasteiger partial charge >= 0.3 is 6.18 Å². The zero-order valence-electron chi connectivity index (χ0n) is 10.6. The van der Waals surface area contributed by atoms with Crippen molar-refractivity contribution in [2.45, 2.75) is 19.5 Å². The molecular weight excluding hydrogens is 261 g/mol. The van der Waals surface area contributed by atoms with Crippen molar-refractivity contribution < 1.29 is 18.0 Å². The zero-order valence-corrected chi connectivity index (χ0v) is 10.6. The molecule has 0 aliphatic carbocycles. The van der Waals surface area contributed by atoms with Crippen LogP contribution >= 0.6 is 0 Å². The molecule has 2 rings (SSSR count). The first kappa shape index (κ1) is 13.9. The SMILES string of the molecule is Cc1nn(C)cc1NC(=O)C1(C(F)(F)F)CCNC1. The van der Waals surface area contributed by atoms with E-state index in [1.54, 1.807) is 14.0 Å². The third-order valence-corrected chi connectivity index (χ3v) is 3.39. The van der Waals surface area contributed by atoms with Crippen LogP contribution in [0.3, 0.4) is 0 Å². The van der Waals surface area contributed by atoms with Crippen LogP contribution in [-0.2, 0) is 11.8 Å². The number of amides is 1. The Balaban J connectivity index is 2.25. The molecule has 1 aromatic rings. The largest absolute Gasteiger partial charge is 0.404 e. The predicted octanol–water partition coefficient (Wildman–Crippen LogP) is 1.21. The van der Waals surface area contributed by atoms with Crippen LogP contribution in [0.5, 0.6) is 0 Å². The summed E-state index contributed by atoms with van der Waals surface area (Å²) in [6, 6.07) is 0. The zero-order chi connectivity index (χ0) is 14.3. The first-order valence-electron chi connectivity index (χ1n) is 5.85. The number of rotatable bonds is 2. The molecule has 1 saturated heterocycles. The number of aryl methyl sites for hydroxylation is 2. The number of anilines is 1. The Bertz CT molecular complexity index is 489. The van der Waals surface area contributed by atoms with Gasteiger partial charge in [-0.25, -0.2) is 0 Å². The van der Waals surface area contributed by atoms with Gasteiger partial charge in [-0.3, -0.25) is 9.48 Å². The first-order chi connectivity index (χ1) is 8.76. The topological polar surface area (TPSA) is 59.0 Å². The number of nitrogens with one attached hydrogen (secondary N) is 2. The van der Waals surface area contributed by atoms with Crippen LogP contribution in [0.1, 0.15) is 12.1 Å². The quantitative estimate of drug-likeness (QED) is 0.853. The maximum absolute atomic E-state index is 13.2. The minimum absolute atomic E-state index is 0.180. The fraction of sp³-hybridized carbons (Fsp3) is 0.636. The Hall–Kier alpha value is -1.57. The van der Waals surface area contributed by atoms with Crippen LogP contribution in [0.4, 0.5) is 18.9 Å². The van der Waals surface area contributed by atoms with Gasteiger partial charge in [0.15, 0.2) is 5.41 Å². The van der Waals surface area contributed by atoms with E-state index in [0.717, 1.165) is 0 Å². The molecule has 19 heavy (non-hydrogen) atoms. The summed E-state index contributed by atoms with van der Waals surface area (Å²) in [5.74, 6) is -1.03. The standard InChI is InChI=1S/C11H15F3N4O/c1-7-8(5-18(2)17-7)16-9(19)10(11(12,13)14)3-4-15-6-10/h5,15H,3-4,6H2,1-2H3,(H,16,19). The van der Waals surface area contributed by atoms with Gasteiger partial charge in [0.05, 0.1) is 11.4 Å². The molecule has 0 spiro atoms. The lowest BCUT2D eigenvalue weighted by Gasteiger charge is -2.29. The fourth-order valence-corrected chi connectivity index (χ4v) is 2.22. The van der Waals surface area contributed by atoms with E-state index in [0.29, 0.717) is 11.4 Å². The minimum atomic E-state index is -4.57. The molecule has 1 unspecified atom stereocenters. The van der Waals surface area contributed by atoms with Crippen molar-refractivity contribution in [3.05, 3.63) is 11.9 Å². The van der Waals surface area contributed by atoms with Crippen molar-refractivity contribution in [3.8, 4) is 0 Å². The van der Waals surface area contributed by atoms with E-state index in [1.807, 2.05) is 0 Å². The molecule has 0 aromatic carbocycles. The molecule has 0 radical (unpaired) electrons. The maximum Gasteiger partial charge on any atom is 0.404 e. The van der Waals surface area contributed by atoms with Crippen molar-refractivity contribution >= 4 is 11.6 Å². The Labute approximate surface area is 108 Å². The normalized spacial score (nSPS) is 23.6. The average Bonchev–Trinajstić information content (AvgIpc) is 2.86. The summed E-state index contributed by atoms with van der Waals surface area (Å²) in [4.78, 5) is 12.0. The summed E-state index contributed by atoms with van der Waals surface area (Å²) < 4.78 is 40.9. The molecule has 1 atom stereocenters. The van der Waals surface area contributed by atoms with E-state index in [9.17, 15) is 18.0 Å². The van der Waals surface area contributed by atoms with E-state index >= 15 is 0 Å². The lowest BCUT2D eigenvalue weighted by Crippen LogP contribution is -2.49. The molecular formula is C11H15F3N4O. The van der Waals surface area contributed by atoms with Crippen molar-refractivity contribution in [3.63, 3.8) is 0 Å². The van der Waals surface area contributed by atoms with Gasteiger partial charge in [0.2, 0.25) is 5.91 Å². The Morgan fingerprint density at radius 1 is 1.58 bits per heavy atom. The average molecular weight is 276 g/mol. The molecule has 106 valence electrons. The van der Waals surface area contributed by atoms with Gasteiger partial charge in [-0.1, -0.05) is 0 Å². The summed E-state index contributed by atoms with van der Waals surface area (Å²) in [7, 11) is 1.64. The summed E-state index contributed by atoms with van der Waals surface area (Å²) >= 11 is 0. The summed E-state index contributed by atoms with van der Waals surface area (Å²) in [5, 5.41) is 8.92. The third kappa shape index (κ3) is 2.32. The van der Waals surface area contributed by atoms with E-state index in [1.165, 1.54) is 10.9 Å². The van der Waals surface area contributed by atoms with E-state index in [2.05, 4.69) is 15.7 Å². The van der Waals surface area contributed by atoms with Crippen LogP contribution in [0.15, 0.2) is 6.20 Å². The van der Waals surface area contributed by atoms with Gasteiger partial charge < -0.3 is 10.6 Å². The second kappa shape index (κ2) is 4.52. The monoisotopic (exact) mass is 276 g/mol. The smallest absolute Gasteiger partial charge is 0.322 e. The molecule has 8 heteroatoms. The second-order valence-corrected chi connectivity index (χ2v) is 4.76. The molecule has 1 aliphatic heterocycles. The molecule has 1 amide bonds. The molecule has 2 heterocycles. The van der Waals surface area contributed by atoms with Gasteiger partial charge in [-0.15, -0.1) is 0 Å². The molecule has 1 aliphatic rings. The Morgan fingerprint density at radius 2 is 2.26 bits per heavy atom. The van der Waals surface area contributed by atoms with Gasteiger partial charge in [-0.05, 0) is 19.9 Å². The highest BCUT2D eigenvalue weighted by atomic mass is 19.4.